The molecule has 2 aromatic rings. The Morgan fingerprint density at radius 1 is 1.31 bits per heavy atom. The van der Waals surface area contributed by atoms with Gasteiger partial charge in [-0.3, -0.25) is 0 Å². The maximum absolute atomic E-state index is 10.8. The molecule has 0 atom stereocenters. The van der Waals surface area contributed by atoms with Gasteiger partial charge in [0.15, 0.2) is 0 Å². The summed E-state index contributed by atoms with van der Waals surface area (Å²) in [6.45, 7) is 2.01. The summed E-state index contributed by atoms with van der Waals surface area (Å²) in [4.78, 5) is 12.2. The van der Waals surface area contributed by atoms with Crippen LogP contribution >= 0.6 is 27.3 Å². The SMILES string of the molecule is Cc1c(Br)cccc1-c1ccc(C(=O)O)s1. The van der Waals surface area contributed by atoms with E-state index in [0.29, 0.717) is 4.88 Å². The molecule has 0 spiro atoms. The Morgan fingerprint density at radius 3 is 2.69 bits per heavy atom. The summed E-state index contributed by atoms with van der Waals surface area (Å²) in [6.07, 6.45) is 0. The lowest BCUT2D eigenvalue weighted by molar-refractivity contribution is 0.0702. The van der Waals surface area contributed by atoms with Gasteiger partial charge in [0.25, 0.3) is 0 Å². The minimum absolute atomic E-state index is 0.370. The second-order valence-corrected chi connectivity index (χ2v) is 5.32. The molecule has 1 aromatic carbocycles. The van der Waals surface area contributed by atoms with E-state index in [-0.39, 0.29) is 0 Å². The third-order valence-electron chi connectivity index (χ3n) is 2.35. The van der Waals surface area contributed by atoms with Crippen molar-refractivity contribution in [3.8, 4) is 10.4 Å². The fourth-order valence-corrected chi connectivity index (χ4v) is 2.77. The van der Waals surface area contributed by atoms with Crippen LogP contribution < -0.4 is 0 Å². The van der Waals surface area contributed by atoms with Crippen molar-refractivity contribution in [3.05, 3.63) is 45.2 Å². The summed E-state index contributed by atoms with van der Waals surface area (Å²) >= 11 is 4.76. The van der Waals surface area contributed by atoms with E-state index in [9.17, 15) is 4.79 Å². The van der Waals surface area contributed by atoms with Crippen LogP contribution in [0.1, 0.15) is 15.2 Å². The molecule has 82 valence electrons. The van der Waals surface area contributed by atoms with Crippen molar-refractivity contribution in [2.75, 3.05) is 0 Å². The second-order valence-electron chi connectivity index (χ2n) is 3.38. The van der Waals surface area contributed by atoms with Crippen molar-refractivity contribution in [2.45, 2.75) is 6.92 Å². The molecule has 0 aliphatic carbocycles. The van der Waals surface area contributed by atoms with Gasteiger partial charge in [0, 0.05) is 9.35 Å². The first kappa shape index (κ1) is 11.4. The topological polar surface area (TPSA) is 37.3 Å². The van der Waals surface area contributed by atoms with Crippen molar-refractivity contribution >= 4 is 33.2 Å². The quantitative estimate of drug-likeness (QED) is 0.902. The van der Waals surface area contributed by atoms with Crippen molar-refractivity contribution in [1.82, 2.24) is 0 Å². The van der Waals surface area contributed by atoms with Gasteiger partial charge in [-0.1, -0.05) is 28.1 Å². The molecule has 0 radical (unpaired) electrons. The lowest BCUT2D eigenvalue weighted by atomic mass is 10.1. The third-order valence-corrected chi connectivity index (χ3v) is 4.32. The number of hydrogen-bond acceptors (Lipinski definition) is 2. The highest BCUT2D eigenvalue weighted by atomic mass is 79.9. The van der Waals surface area contributed by atoms with E-state index in [1.807, 2.05) is 31.2 Å². The van der Waals surface area contributed by atoms with Crippen LogP contribution in [0.3, 0.4) is 0 Å². The van der Waals surface area contributed by atoms with Crippen LogP contribution in [0, 0.1) is 6.92 Å². The number of thiophene rings is 1. The molecule has 1 heterocycles. The highest BCUT2D eigenvalue weighted by molar-refractivity contribution is 9.10. The van der Waals surface area contributed by atoms with Gasteiger partial charge in [-0.25, -0.2) is 4.79 Å². The Balaban J connectivity index is 2.50. The van der Waals surface area contributed by atoms with Crippen LogP contribution in [-0.2, 0) is 0 Å². The van der Waals surface area contributed by atoms with Gasteiger partial charge in [-0.15, -0.1) is 11.3 Å². The van der Waals surface area contributed by atoms with Crippen LogP contribution in [0.25, 0.3) is 10.4 Å². The number of aromatic carboxylic acids is 1. The predicted molar refractivity (Wildman–Crippen MR) is 69.2 cm³/mol. The number of carboxylic acids is 1. The molecule has 0 saturated heterocycles. The van der Waals surface area contributed by atoms with Gasteiger partial charge < -0.3 is 5.11 Å². The molecule has 0 fully saturated rings. The fourth-order valence-electron chi connectivity index (χ4n) is 1.47. The van der Waals surface area contributed by atoms with Crippen LogP contribution in [-0.4, -0.2) is 11.1 Å². The average Bonchev–Trinajstić information content (AvgIpc) is 2.71. The van der Waals surface area contributed by atoms with E-state index in [1.165, 1.54) is 11.3 Å². The summed E-state index contributed by atoms with van der Waals surface area (Å²) in [5.41, 5.74) is 2.20. The zero-order valence-electron chi connectivity index (χ0n) is 8.53. The first-order valence-electron chi connectivity index (χ1n) is 4.68. The Hall–Kier alpha value is -1.13. The Bertz CT molecular complexity index is 546. The molecular weight excluding hydrogens is 288 g/mol. The lowest BCUT2D eigenvalue weighted by Crippen LogP contribution is -1.89. The van der Waals surface area contributed by atoms with E-state index in [0.717, 1.165) is 20.5 Å². The Labute approximate surface area is 106 Å². The summed E-state index contributed by atoms with van der Waals surface area (Å²) in [7, 11) is 0. The molecule has 0 bridgehead atoms. The predicted octanol–water partition coefficient (Wildman–Crippen LogP) is 4.18. The highest BCUT2D eigenvalue weighted by Gasteiger charge is 2.10. The molecule has 0 amide bonds. The van der Waals surface area contributed by atoms with E-state index in [4.69, 9.17) is 5.11 Å². The number of rotatable bonds is 2. The highest BCUT2D eigenvalue weighted by Crippen LogP contribution is 2.33. The lowest BCUT2D eigenvalue weighted by Gasteiger charge is -2.04. The standard InChI is InChI=1S/C12H9BrO2S/c1-7-8(3-2-4-9(7)13)10-5-6-11(16-10)12(14)15/h2-6H,1H3,(H,14,15). The van der Waals surface area contributed by atoms with E-state index in [2.05, 4.69) is 15.9 Å². The molecule has 1 N–H and O–H groups in total. The third kappa shape index (κ3) is 2.03. The molecule has 4 heteroatoms. The Kier molecular flexibility index (Phi) is 3.12. The summed E-state index contributed by atoms with van der Waals surface area (Å²) in [5.74, 6) is -0.871. The van der Waals surface area contributed by atoms with E-state index < -0.39 is 5.97 Å². The maximum Gasteiger partial charge on any atom is 0.345 e. The summed E-state index contributed by atoms with van der Waals surface area (Å²) in [5, 5.41) is 8.87. The van der Waals surface area contributed by atoms with Crippen molar-refractivity contribution in [1.29, 1.82) is 0 Å². The fraction of sp³-hybridized carbons (Fsp3) is 0.0833. The van der Waals surface area contributed by atoms with Gasteiger partial charge in [0.05, 0.1) is 0 Å². The molecule has 1 aromatic heterocycles. The number of hydrogen-bond donors (Lipinski definition) is 1. The van der Waals surface area contributed by atoms with Gasteiger partial charge >= 0.3 is 5.97 Å². The zero-order valence-corrected chi connectivity index (χ0v) is 10.9. The Morgan fingerprint density at radius 2 is 2.06 bits per heavy atom. The zero-order chi connectivity index (χ0) is 11.7. The van der Waals surface area contributed by atoms with Gasteiger partial charge in [0.1, 0.15) is 4.88 Å². The summed E-state index contributed by atoms with van der Waals surface area (Å²) in [6, 6.07) is 9.42. The van der Waals surface area contributed by atoms with E-state index >= 15 is 0 Å². The van der Waals surface area contributed by atoms with Crippen molar-refractivity contribution in [3.63, 3.8) is 0 Å². The van der Waals surface area contributed by atoms with E-state index in [1.54, 1.807) is 6.07 Å². The second kappa shape index (κ2) is 4.39. The van der Waals surface area contributed by atoms with Crippen LogP contribution in [0.15, 0.2) is 34.8 Å². The molecular formula is C12H9BrO2S. The first-order valence-corrected chi connectivity index (χ1v) is 6.29. The van der Waals surface area contributed by atoms with Crippen LogP contribution in [0.4, 0.5) is 0 Å². The van der Waals surface area contributed by atoms with Gasteiger partial charge in [-0.2, -0.15) is 0 Å². The largest absolute Gasteiger partial charge is 0.477 e. The summed E-state index contributed by atoms with van der Waals surface area (Å²) < 4.78 is 1.04. The molecule has 0 aliphatic heterocycles. The average molecular weight is 297 g/mol. The van der Waals surface area contributed by atoms with Crippen LogP contribution in [0.2, 0.25) is 0 Å². The van der Waals surface area contributed by atoms with Gasteiger partial charge in [0.2, 0.25) is 0 Å². The normalized spacial score (nSPS) is 10.4. The maximum atomic E-state index is 10.8. The minimum atomic E-state index is -0.871. The first-order chi connectivity index (χ1) is 7.59. The number of carboxylic acid groups (broad SMARTS) is 1. The smallest absolute Gasteiger partial charge is 0.345 e. The number of carbonyl (C=O) groups is 1. The minimum Gasteiger partial charge on any atom is -0.477 e. The molecule has 0 aliphatic rings. The molecule has 2 nitrogen and oxygen atoms in total. The molecule has 16 heavy (non-hydrogen) atoms. The molecule has 2 rings (SSSR count). The number of benzene rings is 1. The molecule has 0 unspecified atom stereocenters. The molecule has 0 saturated carbocycles. The van der Waals surface area contributed by atoms with Gasteiger partial charge in [-0.05, 0) is 36.2 Å². The monoisotopic (exact) mass is 296 g/mol. The van der Waals surface area contributed by atoms with Crippen LogP contribution in [0.5, 0.6) is 0 Å². The number of halogens is 1. The van der Waals surface area contributed by atoms with Crippen molar-refractivity contribution < 1.29 is 9.90 Å². The van der Waals surface area contributed by atoms with Crippen molar-refractivity contribution in [2.24, 2.45) is 0 Å².